The predicted octanol–water partition coefficient (Wildman–Crippen LogP) is 3.13. The molecule has 0 bridgehead atoms. The average molecular weight is 278 g/mol. The van der Waals surface area contributed by atoms with Crippen LogP contribution in [-0.2, 0) is 0 Å². The van der Waals surface area contributed by atoms with Gasteiger partial charge in [0, 0.05) is 24.0 Å². The van der Waals surface area contributed by atoms with Crippen LogP contribution in [0.15, 0.2) is 24.3 Å². The van der Waals surface area contributed by atoms with Crippen LogP contribution in [0.4, 0.5) is 5.69 Å². The maximum absolute atomic E-state index is 12.4. The van der Waals surface area contributed by atoms with E-state index in [1.54, 1.807) is 0 Å². The van der Waals surface area contributed by atoms with Crippen molar-refractivity contribution in [3.8, 4) is 0 Å². The van der Waals surface area contributed by atoms with Crippen molar-refractivity contribution in [3.63, 3.8) is 0 Å². The fourth-order valence-electron chi connectivity index (χ4n) is 2.69. The molecule has 1 aliphatic rings. The van der Waals surface area contributed by atoms with Gasteiger partial charge >= 0.3 is 0 Å². The zero-order valence-corrected chi connectivity index (χ0v) is 12.4. The molecule has 1 aromatic carbocycles. The van der Waals surface area contributed by atoms with E-state index in [0.717, 1.165) is 17.7 Å². The molecule has 104 valence electrons. The van der Waals surface area contributed by atoms with E-state index < -0.39 is 0 Å². The first-order valence-electron chi connectivity index (χ1n) is 6.86. The summed E-state index contributed by atoms with van der Waals surface area (Å²) in [6.07, 6.45) is 6.94. The normalized spacial score (nSPS) is 22.8. The number of amides is 1. The maximum Gasteiger partial charge on any atom is 0.253 e. The van der Waals surface area contributed by atoms with Crippen LogP contribution in [0.5, 0.6) is 0 Å². The molecule has 1 amide bonds. The van der Waals surface area contributed by atoms with Crippen LogP contribution < -0.4 is 10.6 Å². The highest BCUT2D eigenvalue weighted by molar-refractivity contribution is 7.99. The highest BCUT2D eigenvalue weighted by Gasteiger charge is 2.26. The molecule has 0 spiro atoms. The summed E-state index contributed by atoms with van der Waals surface area (Å²) < 4.78 is 0. The Kier molecular flexibility index (Phi) is 5.14. The Balaban J connectivity index is 2.07. The molecular formula is C15H22N2OS. The number of thioether (sulfide) groups is 1. The molecule has 2 unspecified atom stereocenters. The number of benzene rings is 1. The molecule has 2 N–H and O–H groups in total. The van der Waals surface area contributed by atoms with Crippen LogP contribution in [0.25, 0.3) is 0 Å². The Morgan fingerprint density at radius 3 is 2.74 bits per heavy atom. The molecule has 0 aromatic heterocycles. The molecule has 19 heavy (non-hydrogen) atoms. The van der Waals surface area contributed by atoms with Crippen molar-refractivity contribution in [1.82, 2.24) is 5.32 Å². The Bertz CT molecular complexity index is 436. The van der Waals surface area contributed by atoms with E-state index in [4.69, 9.17) is 0 Å². The molecule has 2 rings (SSSR count). The number of carbonyl (C=O) groups excluding carboxylic acids is 1. The van der Waals surface area contributed by atoms with Crippen LogP contribution in [0.3, 0.4) is 0 Å². The molecule has 1 fully saturated rings. The minimum Gasteiger partial charge on any atom is -0.387 e. The van der Waals surface area contributed by atoms with Gasteiger partial charge in [0.15, 0.2) is 0 Å². The standard InChI is InChI=1S/C15H22N2OS/c1-16-12-8-4-3-7-11(12)15(18)17-13-9-5-6-10-14(13)19-2/h3-4,7-8,13-14,16H,5-6,9-10H2,1-2H3,(H,17,18). The molecule has 1 aromatic rings. The van der Waals surface area contributed by atoms with Crippen molar-refractivity contribution in [3.05, 3.63) is 29.8 Å². The van der Waals surface area contributed by atoms with E-state index in [-0.39, 0.29) is 5.91 Å². The Hall–Kier alpha value is -1.16. The molecule has 0 radical (unpaired) electrons. The number of hydrogen-bond donors (Lipinski definition) is 2. The minimum absolute atomic E-state index is 0.0379. The van der Waals surface area contributed by atoms with E-state index in [1.807, 2.05) is 43.1 Å². The van der Waals surface area contributed by atoms with E-state index in [1.165, 1.54) is 19.3 Å². The lowest BCUT2D eigenvalue weighted by molar-refractivity contribution is 0.0930. The van der Waals surface area contributed by atoms with Crippen molar-refractivity contribution in [2.75, 3.05) is 18.6 Å². The topological polar surface area (TPSA) is 41.1 Å². The number of hydrogen-bond acceptors (Lipinski definition) is 3. The molecule has 0 aliphatic heterocycles. The molecule has 1 saturated carbocycles. The molecule has 2 atom stereocenters. The average Bonchev–Trinajstić information content (AvgIpc) is 2.47. The number of rotatable bonds is 4. The van der Waals surface area contributed by atoms with Gasteiger partial charge in [-0.1, -0.05) is 25.0 Å². The summed E-state index contributed by atoms with van der Waals surface area (Å²) in [5, 5.41) is 6.84. The number of anilines is 1. The Labute approximate surface area is 119 Å². The molecule has 1 aliphatic carbocycles. The first kappa shape index (κ1) is 14.3. The zero-order valence-electron chi connectivity index (χ0n) is 11.6. The van der Waals surface area contributed by atoms with Crippen LogP contribution >= 0.6 is 11.8 Å². The van der Waals surface area contributed by atoms with Crippen molar-refractivity contribution in [2.24, 2.45) is 0 Å². The van der Waals surface area contributed by atoms with Gasteiger partial charge in [-0.3, -0.25) is 4.79 Å². The lowest BCUT2D eigenvalue weighted by atomic mass is 9.94. The largest absolute Gasteiger partial charge is 0.387 e. The van der Waals surface area contributed by atoms with E-state index in [2.05, 4.69) is 16.9 Å². The third kappa shape index (κ3) is 3.44. The van der Waals surface area contributed by atoms with Gasteiger partial charge in [0.25, 0.3) is 5.91 Å². The quantitative estimate of drug-likeness (QED) is 0.889. The Morgan fingerprint density at radius 2 is 2.00 bits per heavy atom. The van der Waals surface area contributed by atoms with Gasteiger partial charge in [0.2, 0.25) is 0 Å². The molecule has 3 nitrogen and oxygen atoms in total. The molecule has 0 saturated heterocycles. The van der Waals surface area contributed by atoms with Gasteiger partial charge in [-0.05, 0) is 31.2 Å². The summed E-state index contributed by atoms with van der Waals surface area (Å²) >= 11 is 1.87. The fourth-order valence-corrected chi connectivity index (χ4v) is 3.62. The highest BCUT2D eigenvalue weighted by Crippen LogP contribution is 2.27. The van der Waals surface area contributed by atoms with Crippen LogP contribution in [0, 0.1) is 0 Å². The number of carbonyl (C=O) groups is 1. The van der Waals surface area contributed by atoms with Gasteiger partial charge < -0.3 is 10.6 Å². The van der Waals surface area contributed by atoms with E-state index in [9.17, 15) is 4.79 Å². The first-order chi connectivity index (χ1) is 9.26. The van der Waals surface area contributed by atoms with Crippen molar-refractivity contribution >= 4 is 23.4 Å². The van der Waals surface area contributed by atoms with Gasteiger partial charge in [-0.2, -0.15) is 11.8 Å². The lowest BCUT2D eigenvalue weighted by Crippen LogP contribution is -2.43. The number of para-hydroxylation sites is 1. The third-order valence-electron chi connectivity index (χ3n) is 3.76. The predicted molar refractivity (Wildman–Crippen MR) is 83.0 cm³/mol. The van der Waals surface area contributed by atoms with Gasteiger partial charge in [0.05, 0.1) is 5.56 Å². The molecular weight excluding hydrogens is 256 g/mol. The van der Waals surface area contributed by atoms with E-state index >= 15 is 0 Å². The maximum atomic E-state index is 12.4. The first-order valence-corrected chi connectivity index (χ1v) is 8.15. The molecule has 0 heterocycles. The van der Waals surface area contributed by atoms with Crippen molar-refractivity contribution < 1.29 is 4.79 Å². The highest BCUT2D eigenvalue weighted by atomic mass is 32.2. The minimum atomic E-state index is 0.0379. The summed E-state index contributed by atoms with van der Waals surface area (Å²) in [6, 6.07) is 7.96. The summed E-state index contributed by atoms with van der Waals surface area (Å²) in [6.45, 7) is 0. The smallest absolute Gasteiger partial charge is 0.253 e. The van der Waals surface area contributed by atoms with Crippen LogP contribution in [-0.4, -0.2) is 30.5 Å². The summed E-state index contributed by atoms with van der Waals surface area (Å²) in [5.41, 5.74) is 1.62. The SMILES string of the molecule is CNc1ccccc1C(=O)NC1CCCCC1SC. The second kappa shape index (κ2) is 6.85. The van der Waals surface area contributed by atoms with Crippen molar-refractivity contribution in [1.29, 1.82) is 0 Å². The summed E-state index contributed by atoms with van der Waals surface area (Å²) in [4.78, 5) is 12.4. The second-order valence-corrected chi connectivity index (χ2v) is 6.01. The van der Waals surface area contributed by atoms with Crippen molar-refractivity contribution in [2.45, 2.75) is 37.0 Å². The second-order valence-electron chi connectivity index (χ2n) is 4.93. The lowest BCUT2D eigenvalue weighted by Gasteiger charge is -2.31. The Morgan fingerprint density at radius 1 is 1.26 bits per heavy atom. The molecule has 4 heteroatoms. The summed E-state index contributed by atoms with van der Waals surface area (Å²) in [7, 11) is 1.84. The van der Waals surface area contributed by atoms with Gasteiger partial charge in [-0.15, -0.1) is 0 Å². The van der Waals surface area contributed by atoms with E-state index in [0.29, 0.717) is 11.3 Å². The summed E-state index contributed by atoms with van der Waals surface area (Å²) in [5.74, 6) is 0.0379. The van der Waals surface area contributed by atoms with Gasteiger partial charge in [-0.25, -0.2) is 0 Å². The fraction of sp³-hybridized carbons (Fsp3) is 0.533. The van der Waals surface area contributed by atoms with Crippen LogP contribution in [0.2, 0.25) is 0 Å². The van der Waals surface area contributed by atoms with Crippen LogP contribution in [0.1, 0.15) is 36.0 Å². The van der Waals surface area contributed by atoms with Gasteiger partial charge in [0.1, 0.15) is 0 Å². The third-order valence-corrected chi connectivity index (χ3v) is 4.93. The monoisotopic (exact) mass is 278 g/mol. The zero-order chi connectivity index (χ0) is 13.7. The number of nitrogens with one attached hydrogen (secondary N) is 2.